The number of hydrogen-bond acceptors (Lipinski definition) is 5. The van der Waals surface area contributed by atoms with Crippen LogP contribution in [0.2, 0.25) is 0 Å². The van der Waals surface area contributed by atoms with E-state index in [9.17, 15) is 9.59 Å². The zero-order valence-corrected chi connectivity index (χ0v) is 11.6. The molecule has 7 heteroatoms. The predicted molar refractivity (Wildman–Crippen MR) is 78.3 cm³/mol. The van der Waals surface area contributed by atoms with Gasteiger partial charge < -0.3 is 15.8 Å². The predicted octanol–water partition coefficient (Wildman–Crippen LogP) is 0.880. The van der Waals surface area contributed by atoms with Gasteiger partial charge in [-0.3, -0.25) is 9.59 Å². The van der Waals surface area contributed by atoms with Crippen molar-refractivity contribution >= 4 is 11.6 Å². The van der Waals surface area contributed by atoms with Crippen LogP contribution in [0.1, 0.15) is 23.0 Å². The second-order valence-electron chi connectivity index (χ2n) is 4.22. The van der Waals surface area contributed by atoms with Gasteiger partial charge in [-0.2, -0.15) is 5.10 Å². The molecule has 110 valence electrons. The number of aromatic amines is 1. The Bertz CT molecular complexity index is 676. The molecule has 0 saturated heterocycles. The van der Waals surface area contributed by atoms with E-state index in [-0.39, 0.29) is 11.3 Å². The molecule has 2 aromatic rings. The fourth-order valence-corrected chi connectivity index (χ4v) is 1.78. The molecular formula is C14H16N4O3. The molecule has 1 aromatic heterocycles. The number of anilines is 1. The number of nitrogens with one attached hydrogen (secondary N) is 2. The molecule has 0 aliphatic carbocycles. The van der Waals surface area contributed by atoms with Gasteiger partial charge in [-0.15, -0.1) is 0 Å². The third kappa shape index (κ3) is 3.67. The van der Waals surface area contributed by atoms with Crippen molar-refractivity contribution in [3.8, 4) is 5.75 Å². The molecule has 1 amide bonds. The van der Waals surface area contributed by atoms with Crippen LogP contribution >= 0.6 is 0 Å². The largest absolute Gasteiger partial charge is 0.494 e. The highest BCUT2D eigenvalue weighted by atomic mass is 16.5. The molecule has 0 radical (unpaired) electrons. The Morgan fingerprint density at radius 3 is 2.81 bits per heavy atom. The Kier molecular flexibility index (Phi) is 4.68. The maximum atomic E-state index is 12.0. The highest BCUT2D eigenvalue weighted by Gasteiger charge is 2.10. The maximum Gasteiger partial charge on any atom is 0.276 e. The number of nitrogens with two attached hydrogens (primary N) is 1. The van der Waals surface area contributed by atoms with E-state index in [4.69, 9.17) is 10.5 Å². The van der Waals surface area contributed by atoms with Crippen molar-refractivity contribution in [2.45, 2.75) is 13.5 Å². The van der Waals surface area contributed by atoms with Crippen LogP contribution in [-0.4, -0.2) is 22.7 Å². The minimum Gasteiger partial charge on any atom is -0.494 e. The average molecular weight is 288 g/mol. The summed E-state index contributed by atoms with van der Waals surface area (Å²) in [7, 11) is 0. The van der Waals surface area contributed by atoms with Crippen LogP contribution in [0.25, 0.3) is 0 Å². The number of H-pyrrole nitrogens is 1. The first-order chi connectivity index (χ1) is 10.1. The zero-order chi connectivity index (χ0) is 15.2. The summed E-state index contributed by atoms with van der Waals surface area (Å²) in [6.45, 7) is 2.73. The lowest BCUT2D eigenvalue weighted by Crippen LogP contribution is -2.17. The number of ether oxygens (including phenoxy) is 1. The number of carbonyl (C=O) groups excluding carboxylic acids is 1. The lowest BCUT2D eigenvalue weighted by Gasteiger charge is -2.11. The molecule has 0 atom stereocenters. The van der Waals surface area contributed by atoms with Crippen molar-refractivity contribution < 1.29 is 9.53 Å². The lowest BCUT2D eigenvalue weighted by atomic mass is 10.1. The van der Waals surface area contributed by atoms with Gasteiger partial charge in [-0.05, 0) is 31.2 Å². The van der Waals surface area contributed by atoms with Crippen molar-refractivity contribution in [3.63, 3.8) is 0 Å². The van der Waals surface area contributed by atoms with Crippen LogP contribution in [0.5, 0.6) is 5.75 Å². The molecule has 0 spiro atoms. The highest BCUT2D eigenvalue weighted by Crippen LogP contribution is 2.22. The third-order valence-electron chi connectivity index (χ3n) is 2.75. The van der Waals surface area contributed by atoms with Crippen LogP contribution in [0.4, 0.5) is 5.69 Å². The van der Waals surface area contributed by atoms with Gasteiger partial charge in [0.05, 0.1) is 6.61 Å². The average Bonchev–Trinajstić information content (AvgIpc) is 2.49. The topological polar surface area (TPSA) is 110 Å². The summed E-state index contributed by atoms with van der Waals surface area (Å²) >= 11 is 0. The van der Waals surface area contributed by atoms with Crippen LogP contribution in [0.3, 0.4) is 0 Å². The van der Waals surface area contributed by atoms with Gasteiger partial charge in [0.2, 0.25) is 0 Å². The van der Waals surface area contributed by atoms with Crippen LogP contribution in [0, 0.1) is 0 Å². The van der Waals surface area contributed by atoms with E-state index < -0.39 is 5.91 Å². The summed E-state index contributed by atoms with van der Waals surface area (Å²) in [6.07, 6.45) is 0. The lowest BCUT2D eigenvalue weighted by molar-refractivity contribution is 0.102. The fourth-order valence-electron chi connectivity index (χ4n) is 1.78. The van der Waals surface area contributed by atoms with Gasteiger partial charge >= 0.3 is 0 Å². The molecule has 0 fully saturated rings. The summed E-state index contributed by atoms with van der Waals surface area (Å²) in [5.41, 5.74) is 6.80. The Morgan fingerprint density at radius 2 is 2.19 bits per heavy atom. The first-order valence-corrected chi connectivity index (χ1v) is 6.47. The Morgan fingerprint density at radius 1 is 1.38 bits per heavy atom. The van der Waals surface area contributed by atoms with Crippen LogP contribution in [0.15, 0.2) is 35.1 Å². The second kappa shape index (κ2) is 6.67. The molecule has 1 heterocycles. The Labute approximate surface area is 121 Å². The summed E-state index contributed by atoms with van der Waals surface area (Å²) in [6, 6.07) is 7.81. The van der Waals surface area contributed by atoms with E-state index in [2.05, 4.69) is 15.5 Å². The maximum absolute atomic E-state index is 12.0. The van der Waals surface area contributed by atoms with Gasteiger partial charge in [0.1, 0.15) is 11.4 Å². The number of rotatable bonds is 5. The third-order valence-corrected chi connectivity index (χ3v) is 2.75. The van der Waals surface area contributed by atoms with Crippen molar-refractivity contribution in [2.24, 2.45) is 5.73 Å². The molecule has 7 nitrogen and oxygen atoms in total. The van der Waals surface area contributed by atoms with Gasteiger partial charge in [-0.1, -0.05) is 0 Å². The van der Waals surface area contributed by atoms with Gasteiger partial charge in [0.25, 0.3) is 11.5 Å². The van der Waals surface area contributed by atoms with Crippen molar-refractivity contribution in [1.29, 1.82) is 0 Å². The Hall–Kier alpha value is -2.67. The number of amides is 1. The molecule has 0 aliphatic heterocycles. The molecule has 0 aliphatic rings. The van der Waals surface area contributed by atoms with Crippen molar-refractivity contribution in [2.75, 3.05) is 11.9 Å². The van der Waals surface area contributed by atoms with E-state index in [1.54, 1.807) is 18.2 Å². The van der Waals surface area contributed by atoms with Crippen molar-refractivity contribution in [1.82, 2.24) is 10.2 Å². The molecular weight excluding hydrogens is 272 g/mol. The van der Waals surface area contributed by atoms with Gasteiger partial charge in [-0.25, -0.2) is 5.10 Å². The van der Waals surface area contributed by atoms with Crippen molar-refractivity contribution in [3.05, 3.63) is 51.9 Å². The molecule has 1 aromatic carbocycles. The SMILES string of the molecule is CCOc1ccc(NC(=O)c2ccc(=O)[nH]n2)cc1CN. The second-order valence-corrected chi connectivity index (χ2v) is 4.22. The highest BCUT2D eigenvalue weighted by molar-refractivity contribution is 6.02. The van der Waals surface area contributed by atoms with Crippen LogP contribution in [-0.2, 0) is 6.54 Å². The van der Waals surface area contributed by atoms with Gasteiger partial charge in [0, 0.05) is 23.9 Å². The van der Waals surface area contributed by atoms with E-state index in [0.717, 1.165) is 5.56 Å². The Balaban J connectivity index is 2.17. The molecule has 21 heavy (non-hydrogen) atoms. The molecule has 2 rings (SSSR count). The number of benzene rings is 1. The minimum atomic E-state index is -0.418. The molecule has 0 unspecified atom stereocenters. The van der Waals surface area contributed by atoms with Crippen LogP contribution < -0.4 is 21.3 Å². The molecule has 4 N–H and O–H groups in total. The first kappa shape index (κ1) is 14.7. The number of hydrogen-bond donors (Lipinski definition) is 3. The first-order valence-electron chi connectivity index (χ1n) is 6.47. The molecule has 0 bridgehead atoms. The quantitative estimate of drug-likeness (QED) is 0.756. The van der Waals surface area contributed by atoms with E-state index in [1.165, 1.54) is 12.1 Å². The summed E-state index contributed by atoms with van der Waals surface area (Å²) < 4.78 is 5.44. The number of carbonyl (C=O) groups is 1. The monoisotopic (exact) mass is 288 g/mol. The number of aromatic nitrogens is 2. The summed E-state index contributed by atoms with van der Waals surface area (Å²) in [4.78, 5) is 22.9. The van der Waals surface area contributed by atoms with E-state index in [1.807, 2.05) is 6.92 Å². The fraction of sp³-hybridized carbons (Fsp3) is 0.214. The summed E-state index contributed by atoms with van der Waals surface area (Å²) in [5.74, 6) is 0.276. The van der Waals surface area contributed by atoms with E-state index >= 15 is 0 Å². The number of nitrogens with zero attached hydrogens (tertiary/aromatic N) is 1. The molecule has 0 saturated carbocycles. The smallest absolute Gasteiger partial charge is 0.276 e. The normalized spacial score (nSPS) is 10.2. The minimum absolute atomic E-state index is 0.123. The summed E-state index contributed by atoms with van der Waals surface area (Å²) in [5, 5.41) is 8.56. The van der Waals surface area contributed by atoms with Gasteiger partial charge in [0.15, 0.2) is 0 Å². The standard InChI is InChI=1S/C14H16N4O3/c1-2-21-12-5-3-10(7-9(12)8-15)16-14(20)11-4-6-13(19)18-17-11/h3-7H,2,8,15H2,1H3,(H,16,20)(H,18,19). The zero-order valence-electron chi connectivity index (χ0n) is 11.6. The van der Waals surface area contributed by atoms with E-state index in [0.29, 0.717) is 24.6 Å².